The van der Waals surface area contributed by atoms with Crippen LogP contribution in [0.5, 0.6) is 0 Å². The first-order chi connectivity index (χ1) is 13.4. The van der Waals surface area contributed by atoms with Crippen molar-refractivity contribution in [3.63, 3.8) is 0 Å². The predicted octanol–water partition coefficient (Wildman–Crippen LogP) is 5.27. The lowest BCUT2D eigenvalue weighted by Crippen LogP contribution is -2.35. The van der Waals surface area contributed by atoms with E-state index in [1.165, 1.54) is 22.8 Å². The maximum atomic E-state index is 12.5. The maximum Gasteiger partial charge on any atom is 0.283 e. The van der Waals surface area contributed by atoms with Crippen molar-refractivity contribution >= 4 is 51.4 Å². The number of halogens is 1. The summed E-state index contributed by atoms with van der Waals surface area (Å²) in [5.74, 6) is 0.988. The molecule has 142 valence electrons. The van der Waals surface area contributed by atoms with Gasteiger partial charge in [-0.3, -0.25) is 10.2 Å². The molecule has 28 heavy (non-hydrogen) atoms. The summed E-state index contributed by atoms with van der Waals surface area (Å²) < 4.78 is 5.82. The maximum absolute atomic E-state index is 12.5. The van der Waals surface area contributed by atoms with Crippen molar-refractivity contribution in [2.75, 3.05) is 0 Å². The minimum absolute atomic E-state index is 0.00282. The van der Waals surface area contributed by atoms with Crippen molar-refractivity contribution in [3.05, 3.63) is 52.8 Å². The molecule has 0 spiro atoms. The average Bonchev–Trinajstić information content (AvgIpc) is 3.25. The lowest BCUT2D eigenvalue weighted by molar-refractivity contribution is -0.114. The second-order valence-corrected chi connectivity index (χ2v) is 8.24. The van der Waals surface area contributed by atoms with Crippen molar-refractivity contribution in [2.24, 2.45) is 16.0 Å². The molecule has 0 radical (unpaired) electrons. The van der Waals surface area contributed by atoms with Gasteiger partial charge >= 0.3 is 0 Å². The van der Waals surface area contributed by atoms with Crippen LogP contribution in [0.2, 0.25) is 5.02 Å². The number of hydrazone groups is 1. The lowest BCUT2D eigenvalue weighted by atomic mass is 10.1. The summed E-state index contributed by atoms with van der Waals surface area (Å²) in [7, 11) is 0. The first kappa shape index (κ1) is 18.7. The fourth-order valence-electron chi connectivity index (χ4n) is 2.84. The van der Waals surface area contributed by atoms with Gasteiger partial charge in [-0.05, 0) is 48.0 Å². The molecular weight excluding hydrogens is 396 g/mol. The van der Waals surface area contributed by atoms with Crippen LogP contribution in [-0.2, 0) is 4.79 Å². The molecular formula is C20H17ClN4O2S. The smallest absolute Gasteiger partial charge is 0.283 e. The normalized spacial score (nSPS) is 18.0. The van der Waals surface area contributed by atoms with E-state index in [9.17, 15) is 4.79 Å². The number of aliphatic imine (C=N–C) groups is 1. The fraction of sp³-hybridized carbons (Fsp3) is 0.200. The van der Waals surface area contributed by atoms with Crippen molar-refractivity contribution in [3.8, 4) is 11.3 Å². The third-order valence-electron chi connectivity index (χ3n) is 4.13. The van der Waals surface area contributed by atoms with Gasteiger partial charge in [-0.2, -0.15) is 15.1 Å². The van der Waals surface area contributed by atoms with Gasteiger partial charge in [-0.15, -0.1) is 0 Å². The topological polar surface area (TPSA) is 82.0 Å². The number of amides is 1. The molecule has 0 saturated carbocycles. The molecule has 0 saturated heterocycles. The quantitative estimate of drug-likeness (QED) is 0.694. The third-order valence-corrected chi connectivity index (χ3v) is 5.39. The SMILES string of the molecule is CC(C)CC1=NN2C(=N)/C(=C\c3ccc(-c4ccccc4Cl)o3)C(=O)N=C2S1. The number of nitrogens with zero attached hydrogens (tertiary/aromatic N) is 3. The largest absolute Gasteiger partial charge is 0.457 e. The number of thioether (sulfide) groups is 1. The highest BCUT2D eigenvalue weighted by atomic mass is 35.5. The van der Waals surface area contributed by atoms with Crippen LogP contribution in [0.1, 0.15) is 26.0 Å². The predicted molar refractivity (Wildman–Crippen MR) is 114 cm³/mol. The van der Waals surface area contributed by atoms with Crippen LogP contribution in [-0.4, -0.2) is 27.0 Å². The zero-order chi connectivity index (χ0) is 19.8. The Morgan fingerprint density at radius 2 is 2.07 bits per heavy atom. The van der Waals surface area contributed by atoms with E-state index >= 15 is 0 Å². The molecule has 0 aliphatic carbocycles. The van der Waals surface area contributed by atoms with E-state index in [0.717, 1.165) is 17.0 Å². The number of carbonyl (C=O) groups is 1. The molecule has 8 heteroatoms. The van der Waals surface area contributed by atoms with E-state index in [1.54, 1.807) is 18.2 Å². The number of benzene rings is 1. The molecule has 0 bridgehead atoms. The zero-order valence-corrected chi connectivity index (χ0v) is 16.8. The van der Waals surface area contributed by atoms with Crippen molar-refractivity contribution in [1.82, 2.24) is 5.01 Å². The summed E-state index contributed by atoms with van der Waals surface area (Å²) in [6.45, 7) is 4.19. The number of furan rings is 1. The van der Waals surface area contributed by atoms with Gasteiger partial charge in [0.05, 0.1) is 10.6 Å². The molecule has 1 aromatic carbocycles. The Morgan fingerprint density at radius 3 is 2.82 bits per heavy atom. The average molecular weight is 413 g/mol. The second-order valence-electron chi connectivity index (χ2n) is 6.79. The molecule has 1 N–H and O–H groups in total. The number of carbonyl (C=O) groups excluding carboxylic acids is 1. The van der Waals surface area contributed by atoms with Gasteiger partial charge < -0.3 is 4.42 Å². The number of amidine groups is 2. The van der Waals surface area contributed by atoms with Gasteiger partial charge in [0.2, 0.25) is 5.17 Å². The molecule has 2 aliphatic heterocycles. The van der Waals surface area contributed by atoms with Gasteiger partial charge in [0, 0.05) is 12.0 Å². The Morgan fingerprint density at radius 1 is 1.29 bits per heavy atom. The lowest BCUT2D eigenvalue weighted by Gasteiger charge is -2.19. The number of rotatable bonds is 4. The Labute approximate surface area is 171 Å². The minimum atomic E-state index is -0.472. The first-order valence-corrected chi connectivity index (χ1v) is 9.95. The van der Waals surface area contributed by atoms with E-state index in [-0.39, 0.29) is 11.4 Å². The van der Waals surface area contributed by atoms with Crippen molar-refractivity contribution < 1.29 is 9.21 Å². The Balaban J connectivity index is 1.63. The number of fused-ring (bicyclic) bond motifs is 1. The van der Waals surface area contributed by atoms with Crippen molar-refractivity contribution in [2.45, 2.75) is 20.3 Å². The van der Waals surface area contributed by atoms with Gasteiger partial charge in [0.25, 0.3) is 5.91 Å². The summed E-state index contributed by atoms with van der Waals surface area (Å²) >= 11 is 7.55. The molecule has 0 fully saturated rings. The standard InChI is InChI=1S/C20H17ClN4O2S/c1-11(2)9-17-24-25-18(22)14(19(26)23-20(25)28-17)10-12-7-8-16(27-12)13-5-3-4-6-15(13)21/h3-8,10-11,22H,9H2,1-2H3/b14-10+,22-18?. The molecule has 1 amide bonds. The monoisotopic (exact) mass is 412 g/mol. The molecule has 3 heterocycles. The van der Waals surface area contributed by atoms with Crippen LogP contribution >= 0.6 is 23.4 Å². The van der Waals surface area contributed by atoms with Crippen LogP contribution in [0.15, 0.2) is 56.5 Å². The summed E-state index contributed by atoms with van der Waals surface area (Å²) in [5.41, 5.74) is 0.900. The number of hydrogen-bond donors (Lipinski definition) is 1. The number of nitrogens with one attached hydrogen (secondary N) is 1. The molecule has 4 rings (SSSR count). The zero-order valence-electron chi connectivity index (χ0n) is 15.3. The van der Waals surface area contributed by atoms with Crippen molar-refractivity contribution in [1.29, 1.82) is 5.41 Å². The molecule has 2 aromatic rings. The molecule has 2 aliphatic rings. The summed E-state index contributed by atoms with van der Waals surface area (Å²) in [4.78, 5) is 16.6. The van der Waals surface area contributed by atoms with Gasteiger partial charge in [0.15, 0.2) is 5.84 Å². The highest BCUT2D eigenvalue weighted by Crippen LogP contribution is 2.32. The number of hydrogen-bond acceptors (Lipinski definition) is 5. The highest BCUT2D eigenvalue weighted by Gasteiger charge is 2.35. The fourth-order valence-corrected chi connectivity index (χ4v) is 4.17. The van der Waals surface area contributed by atoms with Gasteiger partial charge in [-0.1, -0.05) is 37.6 Å². The van der Waals surface area contributed by atoms with E-state index in [0.29, 0.717) is 27.6 Å². The van der Waals surface area contributed by atoms with Crippen LogP contribution < -0.4 is 0 Å². The van der Waals surface area contributed by atoms with Crippen LogP contribution in [0.25, 0.3) is 17.4 Å². The Bertz CT molecular complexity index is 1070. The molecule has 6 nitrogen and oxygen atoms in total. The van der Waals surface area contributed by atoms with Crippen LogP contribution in [0, 0.1) is 11.3 Å². The van der Waals surface area contributed by atoms with Gasteiger partial charge in [0.1, 0.15) is 16.6 Å². The highest BCUT2D eigenvalue weighted by molar-refractivity contribution is 8.26. The van der Waals surface area contributed by atoms with E-state index < -0.39 is 5.91 Å². The first-order valence-electron chi connectivity index (χ1n) is 8.76. The molecule has 1 aromatic heterocycles. The Kier molecular flexibility index (Phi) is 4.95. The van der Waals surface area contributed by atoms with Crippen LogP contribution in [0.3, 0.4) is 0 Å². The third kappa shape index (κ3) is 3.55. The minimum Gasteiger partial charge on any atom is -0.457 e. The summed E-state index contributed by atoms with van der Waals surface area (Å²) in [5, 5.41) is 16.1. The van der Waals surface area contributed by atoms with E-state index in [2.05, 4.69) is 23.9 Å². The van der Waals surface area contributed by atoms with E-state index in [1.807, 2.05) is 18.2 Å². The molecule has 0 atom stereocenters. The summed E-state index contributed by atoms with van der Waals surface area (Å²) in [6.07, 6.45) is 2.30. The Hall–Kier alpha value is -2.64. The van der Waals surface area contributed by atoms with E-state index in [4.69, 9.17) is 21.4 Å². The van der Waals surface area contributed by atoms with Gasteiger partial charge in [-0.25, -0.2) is 0 Å². The summed E-state index contributed by atoms with van der Waals surface area (Å²) in [6, 6.07) is 10.9. The molecule has 0 unspecified atom stereocenters. The van der Waals surface area contributed by atoms with Crippen LogP contribution in [0.4, 0.5) is 0 Å². The second kappa shape index (κ2) is 7.41.